The molecule has 2 aromatic rings. The normalized spacial score (nSPS) is 10.8. The number of hydrogen-bond donors (Lipinski definition) is 3. The molecule has 0 atom stereocenters. The molecule has 31 heavy (non-hydrogen) atoms. The van der Waals surface area contributed by atoms with Gasteiger partial charge in [-0.2, -0.15) is 0 Å². The minimum absolute atomic E-state index is 0.0136. The average molecular weight is 448 g/mol. The smallest absolute Gasteiger partial charge is 0.338 e. The molecule has 10 heteroatoms. The van der Waals surface area contributed by atoms with Crippen LogP contribution in [-0.2, 0) is 19.6 Å². The second kappa shape index (κ2) is 10.6. The van der Waals surface area contributed by atoms with E-state index in [4.69, 9.17) is 4.74 Å². The van der Waals surface area contributed by atoms with Crippen LogP contribution in [0.25, 0.3) is 0 Å². The first-order chi connectivity index (χ1) is 14.6. The standard InChI is InChI=1S/C21H25N3O6S/c1-4-5-12-30-21(27)15-6-8-16(9-7-15)23-20(26)18-13-17(22-14(2)25)10-11-19(18)24-31(3,28)29/h6-11,13,24H,4-5,12H2,1-3H3,(H,22,25)(H,23,26). The van der Waals surface area contributed by atoms with Crippen molar-refractivity contribution in [2.24, 2.45) is 0 Å². The highest BCUT2D eigenvalue weighted by molar-refractivity contribution is 7.92. The van der Waals surface area contributed by atoms with E-state index in [0.29, 0.717) is 23.5 Å². The number of ether oxygens (including phenoxy) is 1. The van der Waals surface area contributed by atoms with Gasteiger partial charge in [-0.05, 0) is 48.9 Å². The van der Waals surface area contributed by atoms with Gasteiger partial charge < -0.3 is 15.4 Å². The van der Waals surface area contributed by atoms with Crippen LogP contribution >= 0.6 is 0 Å². The lowest BCUT2D eigenvalue weighted by atomic mass is 10.1. The average Bonchev–Trinajstić information content (AvgIpc) is 2.68. The molecule has 0 fully saturated rings. The van der Waals surface area contributed by atoms with Gasteiger partial charge in [0.05, 0.1) is 29.7 Å². The molecule has 2 aromatic carbocycles. The summed E-state index contributed by atoms with van der Waals surface area (Å²) in [5.74, 6) is -1.39. The van der Waals surface area contributed by atoms with Gasteiger partial charge in [0.25, 0.3) is 5.91 Å². The van der Waals surface area contributed by atoms with Crippen LogP contribution in [0.2, 0.25) is 0 Å². The van der Waals surface area contributed by atoms with E-state index in [1.807, 2.05) is 6.92 Å². The Hall–Kier alpha value is -3.40. The van der Waals surface area contributed by atoms with Crippen molar-refractivity contribution >= 4 is 44.9 Å². The molecule has 0 saturated heterocycles. The number of carbonyl (C=O) groups is 3. The quantitative estimate of drug-likeness (QED) is 0.400. The zero-order chi connectivity index (χ0) is 23.0. The maximum Gasteiger partial charge on any atom is 0.338 e. The Morgan fingerprint density at radius 1 is 0.968 bits per heavy atom. The Kier molecular flexibility index (Phi) is 8.14. The molecule has 0 saturated carbocycles. The van der Waals surface area contributed by atoms with E-state index in [0.717, 1.165) is 19.1 Å². The van der Waals surface area contributed by atoms with Crippen molar-refractivity contribution in [2.45, 2.75) is 26.7 Å². The van der Waals surface area contributed by atoms with Crippen molar-refractivity contribution in [3.05, 3.63) is 53.6 Å². The Morgan fingerprint density at radius 3 is 2.19 bits per heavy atom. The summed E-state index contributed by atoms with van der Waals surface area (Å²) in [6.07, 6.45) is 2.66. The Labute approximate surface area is 181 Å². The summed E-state index contributed by atoms with van der Waals surface area (Å²) in [5, 5.41) is 5.19. The predicted octanol–water partition coefficient (Wildman–Crippen LogP) is 3.23. The first-order valence-electron chi connectivity index (χ1n) is 9.57. The number of amides is 2. The summed E-state index contributed by atoms with van der Waals surface area (Å²) < 4.78 is 30.7. The molecule has 0 radical (unpaired) electrons. The second-order valence-corrected chi connectivity index (χ2v) is 8.59. The molecule has 0 aliphatic heterocycles. The third kappa shape index (κ3) is 7.74. The van der Waals surface area contributed by atoms with Crippen molar-refractivity contribution in [2.75, 3.05) is 28.2 Å². The minimum atomic E-state index is -3.64. The maximum absolute atomic E-state index is 12.8. The first kappa shape index (κ1) is 23.9. The van der Waals surface area contributed by atoms with Crippen LogP contribution in [0.5, 0.6) is 0 Å². The number of nitrogens with one attached hydrogen (secondary N) is 3. The van der Waals surface area contributed by atoms with Crippen molar-refractivity contribution in [1.29, 1.82) is 0 Å². The fourth-order valence-electron chi connectivity index (χ4n) is 2.58. The molecule has 0 spiro atoms. The number of benzene rings is 2. The van der Waals surface area contributed by atoms with Gasteiger partial charge in [-0.25, -0.2) is 13.2 Å². The van der Waals surface area contributed by atoms with Crippen LogP contribution in [0.1, 0.15) is 47.4 Å². The molecular formula is C21H25N3O6S. The zero-order valence-electron chi connectivity index (χ0n) is 17.5. The largest absolute Gasteiger partial charge is 0.462 e. The second-order valence-electron chi connectivity index (χ2n) is 6.84. The van der Waals surface area contributed by atoms with E-state index < -0.39 is 21.9 Å². The van der Waals surface area contributed by atoms with E-state index in [9.17, 15) is 22.8 Å². The van der Waals surface area contributed by atoms with Crippen LogP contribution in [0.4, 0.5) is 17.1 Å². The van der Waals surface area contributed by atoms with Gasteiger partial charge in [-0.15, -0.1) is 0 Å². The van der Waals surface area contributed by atoms with Gasteiger partial charge in [-0.3, -0.25) is 14.3 Å². The molecule has 0 aliphatic carbocycles. The number of sulfonamides is 1. The Bertz CT molecular complexity index is 1070. The molecule has 0 unspecified atom stereocenters. The molecular weight excluding hydrogens is 422 g/mol. The highest BCUT2D eigenvalue weighted by Gasteiger charge is 2.16. The summed E-state index contributed by atoms with van der Waals surface area (Å²) in [6.45, 7) is 3.65. The van der Waals surface area contributed by atoms with E-state index in [-0.39, 0.29) is 17.2 Å². The Morgan fingerprint density at radius 2 is 1.61 bits per heavy atom. The molecule has 0 aromatic heterocycles. The number of esters is 1. The monoisotopic (exact) mass is 447 g/mol. The topological polar surface area (TPSA) is 131 Å². The van der Waals surface area contributed by atoms with E-state index in [1.165, 1.54) is 49.4 Å². The van der Waals surface area contributed by atoms with Gasteiger partial charge in [0.15, 0.2) is 0 Å². The van der Waals surface area contributed by atoms with Gasteiger partial charge in [0.2, 0.25) is 15.9 Å². The van der Waals surface area contributed by atoms with Gasteiger partial charge >= 0.3 is 5.97 Å². The number of anilines is 3. The van der Waals surface area contributed by atoms with Crippen LogP contribution in [0.3, 0.4) is 0 Å². The van der Waals surface area contributed by atoms with E-state index in [2.05, 4.69) is 15.4 Å². The molecule has 3 N–H and O–H groups in total. The van der Waals surface area contributed by atoms with E-state index >= 15 is 0 Å². The highest BCUT2D eigenvalue weighted by atomic mass is 32.2. The van der Waals surface area contributed by atoms with Crippen LogP contribution in [-0.4, -0.2) is 39.1 Å². The Balaban J connectivity index is 2.21. The lowest BCUT2D eigenvalue weighted by molar-refractivity contribution is -0.114. The molecule has 2 rings (SSSR count). The van der Waals surface area contributed by atoms with Gasteiger partial charge in [0, 0.05) is 18.3 Å². The summed E-state index contributed by atoms with van der Waals surface area (Å²) >= 11 is 0. The zero-order valence-corrected chi connectivity index (χ0v) is 18.3. The number of hydrogen-bond acceptors (Lipinski definition) is 6. The van der Waals surface area contributed by atoms with Gasteiger partial charge in [0.1, 0.15) is 0 Å². The minimum Gasteiger partial charge on any atom is -0.462 e. The molecule has 0 bridgehead atoms. The van der Waals surface area contributed by atoms with Crippen molar-refractivity contribution in [3.8, 4) is 0 Å². The van der Waals surface area contributed by atoms with Crippen molar-refractivity contribution in [1.82, 2.24) is 0 Å². The van der Waals surface area contributed by atoms with E-state index in [1.54, 1.807) is 0 Å². The molecule has 9 nitrogen and oxygen atoms in total. The van der Waals surface area contributed by atoms with Crippen LogP contribution in [0, 0.1) is 0 Å². The first-order valence-corrected chi connectivity index (χ1v) is 11.5. The molecule has 0 heterocycles. The summed E-state index contributed by atoms with van der Waals surface area (Å²) in [5.41, 5.74) is 1.15. The van der Waals surface area contributed by atoms with Crippen molar-refractivity contribution in [3.63, 3.8) is 0 Å². The number of rotatable bonds is 9. The maximum atomic E-state index is 12.8. The number of carbonyl (C=O) groups excluding carboxylic acids is 3. The highest BCUT2D eigenvalue weighted by Crippen LogP contribution is 2.23. The molecule has 166 valence electrons. The third-order valence-electron chi connectivity index (χ3n) is 3.99. The van der Waals surface area contributed by atoms with Crippen molar-refractivity contribution < 1.29 is 27.5 Å². The predicted molar refractivity (Wildman–Crippen MR) is 119 cm³/mol. The fourth-order valence-corrected chi connectivity index (χ4v) is 3.16. The summed E-state index contributed by atoms with van der Waals surface area (Å²) in [4.78, 5) is 36.1. The third-order valence-corrected chi connectivity index (χ3v) is 4.58. The number of unbranched alkanes of at least 4 members (excludes halogenated alkanes) is 1. The lowest BCUT2D eigenvalue weighted by Gasteiger charge is -2.13. The van der Waals surface area contributed by atoms with Crippen LogP contribution in [0.15, 0.2) is 42.5 Å². The SMILES string of the molecule is CCCCOC(=O)c1ccc(NC(=O)c2cc(NC(C)=O)ccc2NS(C)(=O)=O)cc1. The lowest BCUT2D eigenvalue weighted by Crippen LogP contribution is -2.18. The molecule has 2 amide bonds. The fraction of sp³-hybridized carbons (Fsp3) is 0.286. The van der Waals surface area contributed by atoms with Crippen LogP contribution < -0.4 is 15.4 Å². The summed E-state index contributed by atoms with van der Waals surface area (Å²) in [6, 6.07) is 10.3. The summed E-state index contributed by atoms with van der Waals surface area (Å²) in [7, 11) is -3.64. The molecule has 0 aliphatic rings. The van der Waals surface area contributed by atoms with Gasteiger partial charge in [-0.1, -0.05) is 13.3 Å².